The molecule has 21 heavy (non-hydrogen) atoms. The molecular weight excluding hydrogens is 509 g/mol. The molecule has 0 atom stereocenters. The molecule has 1 heterocycles. The first-order valence-electron chi connectivity index (χ1n) is 6.12. The zero-order chi connectivity index (χ0) is 15.0. The number of nitrogens with two attached hydrogens (primary N) is 1. The van der Waals surface area contributed by atoms with E-state index in [0.717, 1.165) is 34.9 Å². The molecule has 0 aliphatic carbocycles. The highest BCUT2D eigenvalue weighted by atomic mass is 127. The summed E-state index contributed by atoms with van der Waals surface area (Å²) in [6.45, 7) is 0. The van der Waals surface area contributed by atoms with Crippen LogP contribution in [0.2, 0.25) is 0 Å². The number of H-pyrrole nitrogens is 1. The van der Waals surface area contributed by atoms with Crippen molar-refractivity contribution < 1.29 is 0 Å². The fraction of sp³-hybridized carbons (Fsp3) is 0. The van der Waals surface area contributed by atoms with Crippen molar-refractivity contribution in [3.8, 4) is 22.4 Å². The lowest BCUT2D eigenvalue weighted by Gasteiger charge is -2.09. The average Bonchev–Trinajstić information content (AvgIpc) is 2.84. The number of nitrogens with one attached hydrogen (secondary N) is 1. The average molecular weight is 519 g/mol. The van der Waals surface area contributed by atoms with Crippen LogP contribution in [0.3, 0.4) is 0 Å². The van der Waals surface area contributed by atoms with Crippen LogP contribution in [0.4, 0.5) is 5.82 Å². The molecule has 6 heteroatoms. The summed E-state index contributed by atoms with van der Waals surface area (Å²) in [5.74, 6) is 0.493. The van der Waals surface area contributed by atoms with Crippen molar-refractivity contribution in [1.29, 1.82) is 0 Å². The third-order valence-electron chi connectivity index (χ3n) is 3.14. The summed E-state index contributed by atoms with van der Waals surface area (Å²) in [6, 6.07) is 14.1. The predicted octanol–water partition coefficient (Wildman–Crippen LogP) is 5.46. The van der Waals surface area contributed by atoms with E-state index < -0.39 is 0 Å². The second-order valence-electron chi connectivity index (χ2n) is 4.46. The molecule has 3 nitrogen and oxygen atoms in total. The highest BCUT2D eigenvalue weighted by Crippen LogP contribution is 2.40. The van der Waals surface area contributed by atoms with Crippen molar-refractivity contribution in [1.82, 2.24) is 10.2 Å². The fourth-order valence-electron chi connectivity index (χ4n) is 2.18. The van der Waals surface area contributed by atoms with E-state index in [4.69, 9.17) is 5.73 Å². The number of anilines is 1. The zero-order valence-electron chi connectivity index (χ0n) is 10.7. The third-order valence-corrected chi connectivity index (χ3v) is 5.26. The van der Waals surface area contributed by atoms with Crippen LogP contribution in [0, 0.1) is 3.57 Å². The van der Waals surface area contributed by atoms with Gasteiger partial charge in [-0.1, -0.05) is 50.1 Å². The maximum atomic E-state index is 6.09. The normalized spacial score (nSPS) is 10.8. The topological polar surface area (TPSA) is 54.7 Å². The first-order chi connectivity index (χ1) is 10.1. The molecule has 106 valence electrons. The Morgan fingerprint density at radius 2 is 1.81 bits per heavy atom. The van der Waals surface area contributed by atoms with Crippen molar-refractivity contribution in [3.63, 3.8) is 0 Å². The molecule has 0 saturated heterocycles. The number of aromatic amines is 1. The van der Waals surface area contributed by atoms with E-state index >= 15 is 0 Å². The summed E-state index contributed by atoms with van der Waals surface area (Å²) in [4.78, 5) is 0. The number of halogens is 3. The molecule has 1 aromatic heterocycles. The van der Waals surface area contributed by atoms with E-state index in [-0.39, 0.29) is 0 Å². The number of hydrogen-bond donors (Lipinski definition) is 2. The minimum atomic E-state index is 0.493. The first kappa shape index (κ1) is 15.1. The Hall–Kier alpha value is -0.860. The number of benzene rings is 2. The van der Waals surface area contributed by atoms with Gasteiger partial charge in [-0.3, -0.25) is 5.10 Å². The van der Waals surface area contributed by atoms with Gasteiger partial charge in [0.15, 0.2) is 5.82 Å². The van der Waals surface area contributed by atoms with Gasteiger partial charge in [-0.2, -0.15) is 5.10 Å². The van der Waals surface area contributed by atoms with E-state index in [0.29, 0.717) is 5.82 Å². The Kier molecular flexibility index (Phi) is 4.37. The number of aromatic nitrogens is 2. The van der Waals surface area contributed by atoms with Gasteiger partial charge < -0.3 is 5.73 Å². The summed E-state index contributed by atoms with van der Waals surface area (Å²) in [7, 11) is 0. The molecule has 0 saturated carbocycles. The van der Waals surface area contributed by atoms with Crippen molar-refractivity contribution in [2.24, 2.45) is 0 Å². The molecule has 3 aromatic rings. The summed E-state index contributed by atoms with van der Waals surface area (Å²) in [5.41, 5.74) is 10.0. The van der Waals surface area contributed by atoms with E-state index in [2.05, 4.69) is 76.8 Å². The summed E-state index contributed by atoms with van der Waals surface area (Å²) in [5, 5.41) is 7.26. The Morgan fingerprint density at radius 3 is 2.57 bits per heavy atom. The van der Waals surface area contributed by atoms with E-state index in [9.17, 15) is 0 Å². The Bertz CT molecular complexity index is 814. The largest absolute Gasteiger partial charge is 0.382 e. The first-order valence-corrected chi connectivity index (χ1v) is 8.78. The Labute approximate surface area is 152 Å². The van der Waals surface area contributed by atoms with Crippen LogP contribution < -0.4 is 5.73 Å². The molecular formula is C15H10Br2IN3. The van der Waals surface area contributed by atoms with Gasteiger partial charge in [0.25, 0.3) is 0 Å². The summed E-state index contributed by atoms with van der Waals surface area (Å²) in [6.07, 6.45) is 0. The molecule has 3 N–H and O–H groups in total. The molecule has 0 aliphatic rings. The van der Waals surface area contributed by atoms with E-state index in [1.54, 1.807) is 0 Å². The summed E-state index contributed by atoms with van der Waals surface area (Å²) >= 11 is 9.41. The molecule has 2 aromatic carbocycles. The fourth-order valence-corrected chi connectivity index (χ4v) is 3.63. The minimum Gasteiger partial charge on any atom is -0.382 e. The van der Waals surface area contributed by atoms with Gasteiger partial charge >= 0.3 is 0 Å². The van der Waals surface area contributed by atoms with Gasteiger partial charge in [0.2, 0.25) is 0 Å². The van der Waals surface area contributed by atoms with Crippen molar-refractivity contribution in [2.45, 2.75) is 0 Å². The second-order valence-corrected chi connectivity index (χ2v) is 7.40. The van der Waals surface area contributed by atoms with Gasteiger partial charge in [-0.15, -0.1) is 0 Å². The van der Waals surface area contributed by atoms with Gasteiger partial charge in [0.05, 0.1) is 11.3 Å². The number of hydrogen-bond acceptors (Lipinski definition) is 2. The highest BCUT2D eigenvalue weighted by molar-refractivity contribution is 14.1. The standard InChI is InChI=1S/C15H10Br2IN3/c16-8-5-6-12(18)10(7-8)14-13(15(19)21-20-14)9-3-1-2-4-11(9)17/h1-7H,(H3,19,20,21). The van der Waals surface area contributed by atoms with Crippen LogP contribution in [0.25, 0.3) is 22.4 Å². The van der Waals surface area contributed by atoms with Crippen LogP contribution in [0.15, 0.2) is 51.4 Å². The van der Waals surface area contributed by atoms with Crippen molar-refractivity contribution >= 4 is 60.3 Å². The molecule has 3 rings (SSSR count). The predicted molar refractivity (Wildman–Crippen MR) is 102 cm³/mol. The second kappa shape index (κ2) is 6.10. The highest BCUT2D eigenvalue weighted by Gasteiger charge is 2.18. The lowest BCUT2D eigenvalue weighted by Crippen LogP contribution is -1.91. The number of nitrogen functional groups attached to an aromatic ring is 1. The maximum Gasteiger partial charge on any atom is 0.153 e. The smallest absolute Gasteiger partial charge is 0.153 e. The molecule has 0 radical (unpaired) electrons. The van der Waals surface area contributed by atoms with Gasteiger partial charge in [-0.25, -0.2) is 0 Å². The third kappa shape index (κ3) is 2.89. The molecule has 0 bridgehead atoms. The van der Waals surface area contributed by atoms with Gasteiger partial charge in [0.1, 0.15) is 0 Å². The van der Waals surface area contributed by atoms with E-state index in [1.807, 2.05) is 30.3 Å². The molecule has 0 amide bonds. The SMILES string of the molecule is Nc1n[nH]c(-c2cc(Br)ccc2I)c1-c1ccccc1Br. The monoisotopic (exact) mass is 517 g/mol. The Balaban J connectivity index is 2.27. The van der Waals surface area contributed by atoms with Crippen molar-refractivity contribution in [2.75, 3.05) is 5.73 Å². The molecule has 0 fully saturated rings. The van der Waals surface area contributed by atoms with Gasteiger partial charge in [0, 0.05) is 23.6 Å². The number of rotatable bonds is 2. The lowest BCUT2D eigenvalue weighted by molar-refractivity contribution is 1.10. The van der Waals surface area contributed by atoms with Crippen LogP contribution in [0.5, 0.6) is 0 Å². The van der Waals surface area contributed by atoms with Crippen LogP contribution in [-0.2, 0) is 0 Å². The maximum absolute atomic E-state index is 6.09. The van der Waals surface area contributed by atoms with Crippen LogP contribution >= 0.6 is 54.5 Å². The lowest BCUT2D eigenvalue weighted by atomic mass is 10.0. The minimum absolute atomic E-state index is 0.493. The quantitative estimate of drug-likeness (QED) is 0.443. The zero-order valence-corrected chi connectivity index (χ0v) is 16.0. The Morgan fingerprint density at radius 1 is 1.05 bits per heavy atom. The number of nitrogens with zero attached hydrogens (tertiary/aromatic N) is 1. The summed E-state index contributed by atoms with van der Waals surface area (Å²) < 4.78 is 3.14. The molecule has 0 spiro atoms. The van der Waals surface area contributed by atoms with E-state index in [1.165, 1.54) is 0 Å². The van der Waals surface area contributed by atoms with Crippen molar-refractivity contribution in [3.05, 3.63) is 55.0 Å². The molecule has 0 unspecified atom stereocenters. The van der Waals surface area contributed by atoms with Crippen LogP contribution in [0.1, 0.15) is 0 Å². The van der Waals surface area contributed by atoms with Gasteiger partial charge in [-0.05, 0) is 46.9 Å². The van der Waals surface area contributed by atoms with Crippen LogP contribution in [-0.4, -0.2) is 10.2 Å². The molecule has 0 aliphatic heterocycles.